The average Bonchev–Trinajstić information content (AvgIpc) is 2.52. The number of nitrogens with two attached hydrogens (primary N) is 1. The van der Waals surface area contributed by atoms with Crippen LogP contribution >= 0.6 is 11.6 Å². The molecule has 3 N–H and O–H groups in total. The molecule has 2 aliphatic rings. The van der Waals surface area contributed by atoms with Crippen LogP contribution in [0.25, 0.3) is 0 Å². The van der Waals surface area contributed by atoms with Crippen LogP contribution in [0.15, 0.2) is 12.1 Å². The molecule has 2 fully saturated rings. The van der Waals surface area contributed by atoms with Crippen molar-refractivity contribution in [3.05, 3.63) is 23.0 Å². The Hall–Kier alpha value is -1.08. The smallest absolute Gasteiger partial charge is 0.148 e. The van der Waals surface area contributed by atoms with Gasteiger partial charge >= 0.3 is 0 Å². The van der Waals surface area contributed by atoms with Gasteiger partial charge in [-0.05, 0) is 6.07 Å². The van der Waals surface area contributed by atoms with Gasteiger partial charge in [0.2, 0.25) is 0 Å². The van der Waals surface area contributed by atoms with Crippen LogP contribution in [0, 0.1) is 5.82 Å². The molecule has 0 spiro atoms. The van der Waals surface area contributed by atoms with E-state index in [1.807, 2.05) is 0 Å². The van der Waals surface area contributed by atoms with Gasteiger partial charge in [-0.2, -0.15) is 0 Å². The first-order chi connectivity index (χ1) is 10.2. The van der Waals surface area contributed by atoms with Crippen LogP contribution in [0.1, 0.15) is 0 Å². The summed E-state index contributed by atoms with van der Waals surface area (Å²) in [6, 6.07) is 2.93. The van der Waals surface area contributed by atoms with Crippen molar-refractivity contribution in [2.24, 2.45) is 0 Å². The Morgan fingerprint density at radius 1 is 1.29 bits per heavy atom. The van der Waals surface area contributed by atoms with Crippen molar-refractivity contribution < 1.29 is 9.13 Å². The van der Waals surface area contributed by atoms with E-state index < -0.39 is 0 Å². The van der Waals surface area contributed by atoms with E-state index in [0.29, 0.717) is 10.7 Å². The molecule has 5 nitrogen and oxygen atoms in total. The number of nitrogens with one attached hydrogen (secondary N) is 1. The fourth-order valence-corrected chi connectivity index (χ4v) is 3.10. The van der Waals surface area contributed by atoms with E-state index in [1.165, 1.54) is 6.07 Å². The van der Waals surface area contributed by atoms with Gasteiger partial charge in [-0.1, -0.05) is 11.6 Å². The average molecular weight is 315 g/mol. The van der Waals surface area contributed by atoms with Gasteiger partial charge in [-0.25, -0.2) is 4.39 Å². The van der Waals surface area contributed by atoms with E-state index in [4.69, 9.17) is 22.1 Å². The number of hydrogen-bond donors (Lipinski definition) is 2. The van der Waals surface area contributed by atoms with Gasteiger partial charge in [0, 0.05) is 38.8 Å². The van der Waals surface area contributed by atoms with Crippen molar-refractivity contribution in [1.82, 2.24) is 10.2 Å². The molecular formula is C14H20ClFN4O. The molecule has 1 aromatic rings. The fourth-order valence-electron chi connectivity index (χ4n) is 2.94. The minimum Gasteiger partial charge on any atom is -0.397 e. The largest absolute Gasteiger partial charge is 0.397 e. The number of rotatable bonds is 2. The summed E-state index contributed by atoms with van der Waals surface area (Å²) in [7, 11) is 0. The number of benzene rings is 1. The minimum atomic E-state index is -0.322. The number of piperazine rings is 1. The molecule has 1 aromatic carbocycles. The van der Waals surface area contributed by atoms with E-state index in [2.05, 4.69) is 15.1 Å². The minimum absolute atomic E-state index is 0.108. The van der Waals surface area contributed by atoms with Crippen LogP contribution < -0.4 is 16.0 Å². The Balaban J connectivity index is 1.88. The van der Waals surface area contributed by atoms with Gasteiger partial charge in [0.1, 0.15) is 5.82 Å². The fraction of sp³-hybridized carbons (Fsp3) is 0.571. The number of nitrogen functional groups attached to an aromatic ring is 1. The Labute approximate surface area is 128 Å². The Kier molecular flexibility index (Phi) is 4.49. The van der Waals surface area contributed by atoms with E-state index in [0.717, 1.165) is 45.9 Å². The highest BCUT2D eigenvalue weighted by Crippen LogP contribution is 2.31. The predicted octanol–water partition coefficient (Wildman–Crippen LogP) is 1.13. The first kappa shape index (κ1) is 14.8. The summed E-state index contributed by atoms with van der Waals surface area (Å²) >= 11 is 6.07. The van der Waals surface area contributed by atoms with E-state index in [1.54, 1.807) is 6.07 Å². The molecule has 1 atom stereocenters. The summed E-state index contributed by atoms with van der Waals surface area (Å²) in [6.07, 6.45) is 0.108. The van der Waals surface area contributed by atoms with E-state index >= 15 is 0 Å². The molecule has 0 amide bonds. The lowest BCUT2D eigenvalue weighted by atomic mass is 10.2. The van der Waals surface area contributed by atoms with Crippen LogP contribution in [0.2, 0.25) is 5.02 Å². The Morgan fingerprint density at radius 2 is 2.05 bits per heavy atom. The molecule has 21 heavy (non-hydrogen) atoms. The summed E-state index contributed by atoms with van der Waals surface area (Å²) in [5, 5.41) is 3.77. The normalized spacial score (nSPS) is 24.3. The summed E-state index contributed by atoms with van der Waals surface area (Å²) in [5.41, 5.74) is 6.46. The maximum absolute atomic E-state index is 14.3. The van der Waals surface area contributed by atoms with Crippen molar-refractivity contribution in [2.45, 2.75) is 6.17 Å². The molecule has 7 heteroatoms. The standard InChI is InChI=1S/C14H20ClFN4O/c15-10-7-13(11(16)8-12(10)17)20-2-1-18-9-14(20)19-3-5-21-6-4-19/h7-8,14,18H,1-6,9,17H2. The van der Waals surface area contributed by atoms with Crippen LogP contribution in [0.3, 0.4) is 0 Å². The van der Waals surface area contributed by atoms with Crippen LogP contribution in [0.4, 0.5) is 15.8 Å². The number of hydrogen-bond acceptors (Lipinski definition) is 5. The van der Waals surface area contributed by atoms with Gasteiger partial charge in [-0.15, -0.1) is 0 Å². The summed E-state index contributed by atoms with van der Waals surface area (Å²) < 4.78 is 19.7. The maximum atomic E-state index is 14.3. The predicted molar refractivity (Wildman–Crippen MR) is 82.2 cm³/mol. The second-order valence-electron chi connectivity index (χ2n) is 5.35. The third-order valence-corrected chi connectivity index (χ3v) is 4.39. The highest BCUT2D eigenvalue weighted by Gasteiger charge is 2.30. The lowest BCUT2D eigenvalue weighted by Gasteiger charge is -2.45. The van der Waals surface area contributed by atoms with Crippen molar-refractivity contribution in [3.8, 4) is 0 Å². The maximum Gasteiger partial charge on any atom is 0.148 e. The molecule has 0 aromatic heterocycles. The van der Waals surface area contributed by atoms with Gasteiger partial charge in [-0.3, -0.25) is 4.90 Å². The number of morpholine rings is 1. The molecule has 2 aliphatic heterocycles. The van der Waals surface area contributed by atoms with Crippen LogP contribution in [-0.2, 0) is 4.74 Å². The zero-order chi connectivity index (χ0) is 14.8. The van der Waals surface area contributed by atoms with E-state index in [-0.39, 0.29) is 17.7 Å². The number of nitrogens with zero attached hydrogens (tertiary/aromatic N) is 2. The Bertz CT molecular complexity index is 510. The first-order valence-corrected chi connectivity index (χ1v) is 7.58. The SMILES string of the molecule is Nc1cc(F)c(N2CCNCC2N2CCOCC2)cc1Cl. The molecular weight excluding hydrogens is 295 g/mol. The zero-order valence-corrected chi connectivity index (χ0v) is 12.6. The molecule has 116 valence electrons. The van der Waals surface area contributed by atoms with E-state index in [9.17, 15) is 4.39 Å². The monoisotopic (exact) mass is 314 g/mol. The van der Waals surface area contributed by atoms with Crippen LogP contribution in [0.5, 0.6) is 0 Å². The van der Waals surface area contributed by atoms with Crippen molar-refractivity contribution in [3.63, 3.8) is 0 Å². The van der Waals surface area contributed by atoms with Gasteiger partial charge in [0.15, 0.2) is 0 Å². The quantitative estimate of drug-likeness (QED) is 0.802. The number of halogens is 2. The zero-order valence-electron chi connectivity index (χ0n) is 11.8. The highest BCUT2D eigenvalue weighted by atomic mass is 35.5. The molecule has 0 saturated carbocycles. The number of ether oxygens (including phenoxy) is 1. The third kappa shape index (κ3) is 3.08. The molecule has 0 aliphatic carbocycles. The van der Waals surface area contributed by atoms with Crippen molar-refractivity contribution in [2.75, 3.05) is 56.6 Å². The lowest BCUT2D eigenvalue weighted by Crippen LogP contribution is -2.61. The van der Waals surface area contributed by atoms with Crippen LogP contribution in [-0.4, -0.2) is 57.0 Å². The summed E-state index contributed by atoms with van der Waals surface area (Å²) in [6.45, 7) is 5.49. The topological polar surface area (TPSA) is 53.8 Å². The van der Waals surface area contributed by atoms with Gasteiger partial charge in [0.25, 0.3) is 0 Å². The second kappa shape index (κ2) is 6.36. The lowest BCUT2D eigenvalue weighted by molar-refractivity contribution is 0.0135. The molecule has 2 saturated heterocycles. The Morgan fingerprint density at radius 3 is 2.81 bits per heavy atom. The molecule has 2 heterocycles. The molecule has 0 radical (unpaired) electrons. The van der Waals surface area contributed by atoms with Crippen molar-refractivity contribution >= 4 is 23.0 Å². The summed E-state index contributed by atoms with van der Waals surface area (Å²) in [4.78, 5) is 4.39. The number of anilines is 2. The van der Waals surface area contributed by atoms with Gasteiger partial charge < -0.3 is 20.7 Å². The third-order valence-electron chi connectivity index (χ3n) is 4.06. The second-order valence-corrected chi connectivity index (χ2v) is 5.76. The molecule has 0 bridgehead atoms. The molecule has 3 rings (SSSR count). The summed E-state index contributed by atoms with van der Waals surface area (Å²) in [5.74, 6) is -0.322. The first-order valence-electron chi connectivity index (χ1n) is 7.20. The highest BCUT2D eigenvalue weighted by molar-refractivity contribution is 6.33. The van der Waals surface area contributed by atoms with Gasteiger partial charge in [0.05, 0.1) is 35.8 Å². The van der Waals surface area contributed by atoms with Crippen molar-refractivity contribution in [1.29, 1.82) is 0 Å². The molecule has 1 unspecified atom stereocenters.